The first-order chi connectivity index (χ1) is 17.1. The zero-order valence-corrected chi connectivity index (χ0v) is 22.6. The molecule has 0 aliphatic carbocycles. The van der Waals surface area contributed by atoms with Gasteiger partial charge in [0.05, 0.1) is 30.3 Å². The van der Waals surface area contributed by atoms with Gasteiger partial charge in [-0.25, -0.2) is 0 Å². The van der Waals surface area contributed by atoms with Crippen LogP contribution in [0.1, 0.15) is 91.4 Å². The Morgan fingerprint density at radius 3 is 2.53 bits per heavy atom. The number of benzene rings is 2. The number of allylic oxidation sites excluding steroid dienone is 2. The summed E-state index contributed by atoms with van der Waals surface area (Å²) in [6.07, 6.45) is 4.79. The fourth-order valence-electron chi connectivity index (χ4n) is 4.42. The molecule has 36 heavy (non-hydrogen) atoms. The molecule has 2 aromatic rings. The standard InChI is InChI=1S/C32H41N3O/c1-9-17-34-32(35-25(8)28-16-12-14-26(20-33)24(28)7)31-19-30(23(6)18-29(31)21(3)4)22(5)13-11-15-27(36)10-2/h9,12,14,16,18-19,25,27,36H,1,3,5,10-11,13,15,17H2,2,4,6-8H3,(H,34,35)/t25-,27+/m1/s1. The summed E-state index contributed by atoms with van der Waals surface area (Å²) < 4.78 is 0. The van der Waals surface area contributed by atoms with Crippen LogP contribution in [0.3, 0.4) is 0 Å². The van der Waals surface area contributed by atoms with Gasteiger partial charge in [-0.3, -0.25) is 4.99 Å². The van der Waals surface area contributed by atoms with Gasteiger partial charge >= 0.3 is 0 Å². The van der Waals surface area contributed by atoms with E-state index in [4.69, 9.17) is 4.99 Å². The predicted molar refractivity (Wildman–Crippen MR) is 154 cm³/mol. The molecule has 4 nitrogen and oxygen atoms in total. The highest BCUT2D eigenvalue weighted by atomic mass is 16.3. The van der Waals surface area contributed by atoms with Crippen molar-refractivity contribution in [3.8, 4) is 6.07 Å². The van der Waals surface area contributed by atoms with Crippen molar-refractivity contribution < 1.29 is 5.11 Å². The van der Waals surface area contributed by atoms with E-state index in [2.05, 4.69) is 57.1 Å². The van der Waals surface area contributed by atoms with Crippen molar-refractivity contribution in [3.63, 3.8) is 0 Å². The zero-order valence-electron chi connectivity index (χ0n) is 22.6. The van der Waals surface area contributed by atoms with E-state index in [-0.39, 0.29) is 12.1 Å². The minimum absolute atomic E-state index is 0.0664. The zero-order chi connectivity index (χ0) is 26.8. The summed E-state index contributed by atoms with van der Waals surface area (Å²) in [7, 11) is 0. The third-order valence-corrected chi connectivity index (χ3v) is 6.64. The van der Waals surface area contributed by atoms with Crippen molar-refractivity contribution in [2.45, 2.75) is 72.4 Å². The fraction of sp³-hybridized carbons (Fsp3) is 0.375. The molecule has 2 aromatic carbocycles. The molecule has 190 valence electrons. The molecule has 2 atom stereocenters. The van der Waals surface area contributed by atoms with E-state index in [0.29, 0.717) is 12.1 Å². The molecular formula is C32H41N3O. The van der Waals surface area contributed by atoms with Crippen LogP contribution in [0.5, 0.6) is 0 Å². The Bertz CT molecular complexity index is 1180. The van der Waals surface area contributed by atoms with Crippen LogP contribution in [-0.2, 0) is 0 Å². The highest BCUT2D eigenvalue weighted by Crippen LogP contribution is 2.30. The van der Waals surface area contributed by atoms with Crippen LogP contribution in [0.4, 0.5) is 0 Å². The second-order valence-corrected chi connectivity index (χ2v) is 9.53. The van der Waals surface area contributed by atoms with Crippen LogP contribution in [0.15, 0.2) is 61.1 Å². The molecule has 0 aliphatic rings. The number of nitriles is 1. The number of hydrogen-bond acceptors (Lipinski definition) is 3. The van der Waals surface area contributed by atoms with E-state index in [0.717, 1.165) is 76.0 Å². The van der Waals surface area contributed by atoms with E-state index in [9.17, 15) is 10.4 Å². The SMILES string of the molecule is C=CC/N=C(/N[C@H](C)c1cccc(C#N)c1C)c1cc(C(=C)CCC[C@@H](O)CC)c(C)cc1C(=C)C. The van der Waals surface area contributed by atoms with Crippen LogP contribution < -0.4 is 5.32 Å². The third-order valence-electron chi connectivity index (χ3n) is 6.64. The molecule has 0 aliphatic heterocycles. The van der Waals surface area contributed by atoms with Crippen molar-refractivity contribution >= 4 is 17.0 Å². The maximum Gasteiger partial charge on any atom is 0.129 e. The summed E-state index contributed by atoms with van der Waals surface area (Å²) in [5.41, 5.74) is 8.97. The minimum atomic E-state index is -0.258. The molecular weight excluding hydrogens is 442 g/mol. The maximum atomic E-state index is 9.93. The number of hydrogen-bond donors (Lipinski definition) is 2. The smallest absolute Gasteiger partial charge is 0.129 e. The molecule has 2 N–H and O–H groups in total. The topological polar surface area (TPSA) is 68.4 Å². The monoisotopic (exact) mass is 483 g/mol. The van der Waals surface area contributed by atoms with Gasteiger partial charge in [0.2, 0.25) is 0 Å². The molecule has 0 bridgehead atoms. The number of nitrogens with one attached hydrogen (secondary N) is 1. The summed E-state index contributed by atoms with van der Waals surface area (Å²) in [4.78, 5) is 4.84. The number of nitrogens with zero attached hydrogens (tertiary/aromatic N) is 2. The molecule has 4 heteroatoms. The van der Waals surface area contributed by atoms with Gasteiger partial charge in [0, 0.05) is 5.56 Å². The van der Waals surface area contributed by atoms with E-state index >= 15 is 0 Å². The third kappa shape index (κ3) is 7.29. The number of aryl methyl sites for hydroxylation is 1. The van der Waals surface area contributed by atoms with Gasteiger partial charge in [-0.05, 0) is 98.9 Å². The lowest BCUT2D eigenvalue weighted by atomic mass is 9.89. The molecule has 0 amide bonds. The quantitative estimate of drug-likeness (QED) is 0.187. The first-order valence-corrected chi connectivity index (χ1v) is 12.7. The van der Waals surface area contributed by atoms with E-state index < -0.39 is 0 Å². The number of aliphatic hydroxyl groups excluding tert-OH is 1. The lowest BCUT2D eigenvalue weighted by molar-refractivity contribution is 0.158. The van der Waals surface area contributed by atoms with Crippen molar-refractivity contribution in [1.29, 1.82) is 5.26 Å². The lowest BCUT2D eigenvalue weighted by Crippen LogP contribution is -2.29. The Morgan fingerprint density at radius 1 is 1.19 bits per heavy atom. The van der Waals surface area contributed by atoms with Crippen LogP contribution >= 0.6 is 0 Å². The van der Waals surface area contributed by atoms with Crippen LogP contribution in [0, 0.1) is 25.2 Å². The highest BCUT2D eigenvalue weighted by molar-refractivity contribution is 6.04. The normalized spacial score (nSPS) is 13.0. The van der Waals surface area contributed by atoms with Crippen LogP contribution in [0.2, 0.25) is 0 Å². The first kappa shape index (κ1) is 28.8. The Labute approximate surface area is 217 Å². The van der Waals surface area contributed by atoms with Gasteiger partial charge in [-0.1, -0.05) is 49.9 Å². The van der Waals surface area contributed by atoms with Gasteiger partial charge in [-0.2, -0.15) is 5.26 Å². The van der Waals surface area contributed by atoms with E-state index in [1.807, 2.05) is 39.0 Å². The summed E-state index contributed by atoms with van der Waals surface area (Å²) in [6.45, 7) is 23.1. The highest BCUT2D eigenvalue weighted by Gasteiger charge is 2.19. The molecule has 0 fully saturated rings. The molecule has 0 aromatic heterocycles. The first-order valence-electron chi connectivity index (χ1n) is 12.7. The summed E-state index contributed by atoms with van der Waals surface area (Å²) in [5.74, 6) is 0.762. The summed E-state index contributed by atoms with van der Waals surface area (Å²) >= 11 is 0. The molecule has 0 saturated heterocycles. The van der Waals surface area contributed by atoms with Crippen molar-refractivity contribution in [1.82, 2.24) is 5.32 Å². The van der Waals surface area contributed by atoms with Crippen molar-refractivity contribution in [3.05, 3.63) is 95.1 Å². The number of aliphatic imine (C=N–C) groups is 1. The predicted octanol–water partition coefficient (Wildman–Crippen LogP) is 7.45. The summed E-state index contributed by atoms with van der Waals surface area (Å²) in [6, 6.07) is 12.3. The molecule has 2 rings (SSSR count). The van der Waals surface area contributed by atoms with Gasteiger partial charge in [0.15, 0.2) is 0 Å². The van der Waals surface area contributed by atoms with Crippen LogP contribution in [-0.4, -0.2) is 23.6 Å². The van der Waals surface area contributed by atoms with Gasteiger partial charge in [-0.15, -0.1) is 6.58 Å². The average molecular weight is 484 g/mol. The molecule has 0 unspecified atom stereocenters. The van der Waals surface area contributed by atoms with Gasteiger partial charge in [0.25, 0.3) is 0 Å². The molecule has 0 spiro atoms. The molecule has 0 heterocycles. The molecule has 0 saturated carbocycles. The Balaban J connectivity index is 2.50. The Hall–Kier alpha value is -3.42. The number of rotatable bonds is 12. The molecule has 0 radical (unpaired) electrons. The maximum absolute atomic E-state index is 9.93. The largest absolute Gasteiger partial charge is 0.393 e. The van der Waals surface area contributed by atoms with Gasteiger partial charge < -0.3 is 10.4 Å². The second kappa shape index (κ2) is 13.6. The van der Waals surface area contributed by atoms with Gasteiger partial charge in [0.1, 0.15) is 5.84 Å². The van der Waals surface area contributed by atoms with Crippen molar-refractivity contribution in [2.75, 3.05) is 6.54 Å². The van der Waals surface area contributed by atoms with E-state index in [1.165, 1.54) is 0 Å². The van der Waals surface area contributed by atoms with Crippen molar-refractivity contribution in [2.24, 2.45) is 4.99 Å². The number of amidine groups is 1. The second-order valence-electron chi connectivity index (χ2n) is 9.53. The average Bonchev–Trinajstić information content (AvgIpc) is 2.86. The van der Waals surface area contributed by atoms with Crippen LogP contribution in [0.25, 0.3) is 11.1 Å². The lowest BCUT2D eigenvalue weighted by Gasteiger charge is -2.23. The van der Waals surface area contributed by atoms with E-state index in [1.54, 1.807) is 6.08 Å². The Kier molecular flexibility index (Phi) is 10.9. The minimum Gasteiger partial charge on any atom is -0.393 e. The fourth-order valence-corrected chi connectivity index (χ4v) is 4.42. The Morgan fingerprint density at radius 2 is 1.92 bits per heavy atom. The summed E-state index contributed by atoms with van der Waals surface area (Å²) in [5, 5.41) is 23.0. The number of aliphatic hydroxyl groups is 1.